The van der Waals surface area contributed by atoms with Crippen LogP contribution in [0.2, 0.25) is 0 Å². The van der Waals surface area contributed by atoms with E-state index in [2.05, 4.69) is 4.98 Å². The monoisotopic (exact) mass is 523 g/mol. The summed E-state index contributed by atoms with van der Waals surface area (Å²) in [5.74, 6) is 0.662. The van der Waals surface area contributed by atoms with Crippen molar-refractivity contribution in [2.24, 2.45) is 0 Å². The van der Waals surface area contributed by atoms with Crippen LogP contribution in [-0.4, -0.2) is 35.3 Å². The molecule has 3 heterocycles. The van der Waals surface area contributed by atoms with Crippen molar-refractivity contribution in [2.75, 3.05) is 7.11 Å². The first kappa shape index (κ1) is 27.2. The number of hydrogen-bond donors (Lipinski definition) is 1. The smallest absolute Gasteiger partial charge is 0.332 e. The number of aryl methyl sites for hydroxylation is 1. The van der Waals surface area contributed by atoms with Crippen molar-refractivity contribution in [1.82, 2.24) is 23.1 Å². The van der Waals surface area contributed by atoms with Crippen LogP contribution in [0, 0.1) is 0 Å². The Kier molecular flexibility index (Phi) is 8.38. The first-order chi connectivity index (χ1) is 18.4. The van der Waals surface area contributed by atoms with Gasteiger partial charge >= 0.3 is 5.69 Å². The quantitative estimate of drug-likeness (QED) is 0.303. The number of rotatable bonds is 12. The summed E-state index contributed by atoms with van der Waals surface area (Å²) in [6.07, 6.45) is 4.94. The van der Waals surface area contributed by atoms with Gasteiger partial charge in [-0.1, -0.05) is 52.2 Å². The largest absolute Gasteiger partial charge is 0.497 e. The first-order valence-electron chi connectivity index (χ1n) is 13.5. The van der Waals surface area contributed by atoms with E-state index < -0.39 is 16.8 Å². The van der Waals surface area contributed by atoms with Gasteiger partial charge in [0.1, 0.15) is 5.75 Å². The van der Waals surface area contributed by atoms with Crippen LogP contribution >= 0.6 is 0 Å². The van der Waals surface area contributed by atoms with Crippen molar-refractivity contribution in [3.63, 3.8) is 0 Å². The predicted octanol–water partition coefficient (Wildman–Crippen LogP) is 3.68. The highest BCUT2D eigenvalue weighted by Gasteiger charge is 2.25. The van der Waals surface area contributed by atoms with Crippen molar-refractivity contribution in [1.29, 1.82) is 0 Å². The fraction of sp³-hybridized carbons (Fsp3) is 0.500. The number of aromatic hydroxyl groups is 1. The molecule has 0 amide bonds. The second kappa shape index (κ2) is 11.7. The van der Waals surface area contributed by atoms with Crippen LogP contribution in [0.4, 0.5) is 0 Å². The molecule has 0 saturated carbocycles. The number of fused-ring (bicyclic) bond motifs is 3. The lowest BCUT2D eigenvalue weighted by Crippen LogP contribution is -2.41. The Morgan fingerprint density at radius 1 is 0.842 bits per heavy atom. The third-order valence-corrected chi connectivity index (χ3v) is 6.99. The van der Waals surface area contributed by atoms with E-state index in [1.807, 2.05) is 45.0 Å². The Morgan fingerprint density at radius 2 is 1.47 bits per heavy atom. The van der Waals surface area contributed by atoms with Crippen LogP contribution in [0.3, 0.4) is 0 Å². The van der Waals surface area contributed by atoms with Crippen molar-refractivity contribution in [3.05, 3.63) is 66.6 Å². The molecule has 204 valence electrons. The first-order valence-corrected chi connectivity index (χ1v) is 13.5. The maximum atomic E-state index is 13.8. The van der Waals surface area contributed by atoms with Gasteiger partial charge in [0, 0.05) is 13.1 Å². The number of benzene rings is 1. The molecule has 0 atom stereocenters. The maximum Gasteiger partial charge on any atom is 0.332 e. The van der Waals surface area contributed by atoms with Gasteiger partial charge in [-0.05, 0) is 43.4 Å². The third kappa shape index (κ3) is 4.87. The van der Waals surface area contributed by atoms with Crippen LogP contribution < -0.4 is 21.5 Å². The van der Waals surface area contributed by atoms with Crippen molar-refractivity contribution < 1.29 is 9.84 Å². The molecule has 4 rings (SSSR count). The van der Waals surface area contributed by atoms with E-state index in [4.69, 9.17) is 4.74 Å². The van der Waals surface area contributed by atoms with Crippen LogP contribution in [-0.2, 0) is 26.1 Å². The summed E-state index contributed by atoms with van der Waals surface area (Å²) in [6, 6.07) is 7.38. The minimum Gasteiger partial charge on any atom is -0.497 e. The highest BCUT2D eigenvalue weighted by atomic mass is 16.5. The van der Waals surface area contributed by atoms with Crippen LogP contribution in [0.5, 0.6) is 11.6 Å². The number of unbranched alkanes of at least 4 members (excludes halogenated alkanes) is 3. The zero-order valence-electron chi connectivity index (χ0n) is 22.7. The molecule has 0 saturated heterocycles. The molecule has 0 spiro atoms. The average molecular weight is 524 g/mol. The molecule has 38 heavy (non-hydrogen) atoms. The molecular formula is C28H37N5O5. The third-order valence-electron chi connectivity index (χ3n) is 6.99. The van der Waals surface area contributed by atoms with Gasteiger partial charge in [0.25, 0.3) is 11.1 Å². The number of aromatic nitrogens is 5. The SMILES string of the molecule is CCCCc1c(O)n(Cc2ccc(OC)cc2)c2nc3c(c(=O)n(CCCC)c(=O)n3CCCC)n2c1=O. The van der Waals surface area contributed by atoms with E-state index in [1.54, 1.807) is 11.7 Å². The second-order valence-electron chi connectivity index (χ2n) is 9.66. The zero-order valence-corrected chi connectivity index (χ0v) is 22.7. The predicted molar refractivity (Wildman–Crippen MR) is 148 cm³/mol. The summed E-state index contributed by atoms with van der Waals surface area (Å²) in [4.78, 5) is 45.6. The Bertz CT molecular complexity index is 1610. The van der Waals surface area contributed by atoms with E-state index in [0.717, 1.165) is 31.2 Å². The molecule has 1 aromatic carbocycles. The summed E-state index contributed by atoms with van der Waals surface area (Å²) in [6.45, 7) is 6.89. The van der Waals surface area contributed by atoms with Gasteiger partial charge in [-0.3, -0.25) is 23.3 Å². The Labute approximate surface area is 220 Å². The summed E-state index contributed by atoms with van der Waals surface area (Å²) in [5, 5.41) is 11.3. The standard InChI is InChI=1S/C28H37N5O5/c1-5-8-11-21-24(34)32(18-19-12-14-20(38-4)15-13-19)27-29-23-22(33(27)25(21)35)26(36)31(17-10-7-3)28(37)30(23)16-9-6-2/h12-15,34H,5-11,16-18H2,1-4H3. The molecule has 10 heteroatoms. The Balaban J connectivity index is 2.10. The highest BCUT2D eigenvalue weighted by Crippen LogP contribution is 2.24. The van der Waals surface area contributed by atoms with Gasteiger partial charge in [0.05, 0.1) is 19.2 Å². The van der Waals surface area contributed by atoms with Crippen molar-refractivity contribution in [2.45, 2.75) is 85.4 Å². The molecule has 0 aliphatic carbocycles. The number of ether oxygens (including phenoxy) is 1. The van der Waals surface area contributed by atoms with E-state index >= 15 is 0 Å². The van der Waals surface area contributed by atoms with E-state index in [0.29, 0.717) is 31.6 Å². The van der Waals surface area contributed by atoms with Gasteiger partial charge in [0.15, 0.2) is 11.2 Å². The van der Waals surface area contributed by atoms with Gasteiger partial charge in [-0.25, -0.2) is 9.20 Å². The topological polar surface area (TPSA) is 113 Å². The second-order valence-corrected chi connectivity index (χ2v) is 9.66. The maximum absolute atomic E-state index is 13.8. The van der Waals surface area contributed by atoms with Crippen LogP contribution in [0.15, 0.2) is 38.6 Å². The minimum atomic E-state index is -0.529. The zero-order chi connectivity index (χ0) is 27.4. The lowest BCUT2D eigenvalue weighted by atomic mass is 10.1. The molecular weight excluding hydrogens is 486 g/mol. The minimum absolute atomic E-state index is 0.0815. The van der Waals surface area contributed by atoms with Gasteiger partial charge in [-0.2, -0.15) is 4.98 Å². The lowest BCUT2D eigenvalue weighted by molar-refractivity contribution is 0.409. The number of hydrogen-bond acceptors (Lipinski definition) is 6. The molecule has 10 nitrogen and oxygen atoms in total. The summed E-state index contributed by atoms with van der Waals surface area (Å²) in [7, 11) is 1.59. The number of methoxy groups -OCH3 is 1. The molecule has 0 aliphatic rings. The van der Waals surface area contributed by atoms with E-state index in [1.165, 1.54) is 13.5 Å². The summed E-state index contributed by atoms with van der Waals surface area (Å²) < 4.78 is 10.8. The molecule has 3 aromatic heterocycles. The summed E-state index contributed by atoms with van der Waals surface area (Å²) >= 11 is 0. The van der Waals surface area contributed by atoms with Crippen LogP contribution in [0.1, 0.15) is 70.4 Å². The van der Waals surface area contributed by atoms with Gasteiger partial charge in [0.2, 0.25) is 11.7 Å². The molecule has 0 radical (unpaired) electrons. The molecule has 0 unspecified atom stereocenters. The molecule has 1 N–H and O–H groups in total. The molecule has 0 bridgehead atoms. The normalized spacial score (nSPS) is 11.6. The molecule has 0 fully saturated rings. The average Bonchev–Trinajstić information content (AvgIpc) is 3.32. The Hall–Kier alpha value is -3.82. The van der Waals surface area contributed by atoms with Gasteiger partial charge < -0.3 is 9.84 Å². The molecule has 0 aliphatic heterocycles. The highest BCUT2D eigenvalue weighted by molar-refractivity contribution is 5.75. The van der Waals surface area contributed by atoms with Gasteiger partial charge in [-0.15, -0.1) is 0 Å². The number of nitrogens with zero attached hydrogens (tertiary/aromatic N) is 5. The van der Waals surface area contributed by atoms with E-state index in [9.17, 15) is 19.5 Å². The van der Waals surface area contributed by atoms with Crippen LogP contribution in [0.25, 0.3) is 16.9 Å². The molecule has 4 aromatic rings. The van der Waals surface area contributed by atoms with Crippen molar-refractivity contribution >= 4 is 16.9 Å². The fourth-order valence-electron chi connectivity index (χ4n) is 4.75. The number of imidazole rings is 1. The van der Waals surface area contributed by atoms with E-state index in [-0.39, 0.29) is 41.5 Å². The Morgan fingerprint density at radius 3 is 2.08 bits per heavy atom. The summed E-state index contributed by atoms with van der Waals surface area (Å²) in [5.41, 5.74) is -0.0794. The van der Waals surface area contributed by atoms with Crippen molar-refractivity contribution in [3.8, 4) is 11.6 Å². The lowest BCUT2D eigenvalue weighted by Gasteiger charge is -2.15. The fourth-order valence-corrected chi connectivity index (χ4v) is 4.75.